The summed E-state index contributed by atoms with van der Waals surface area (Å²) < 4.78 is 0. The molecule has 1 aliphatic heterocycles. The van der Waals surface area contributed by atoms with Crippen molar-refractivity contribution in [1.29, 1.82) is 0 Å². The third kappa shape index (κ3) is 7.13. The first-order chi connectivity index (χ1) is 13.7. The van der Waals surface area contributed by atoms with Crippen molar-refractivity contribution in [3.05, 3.63) is 24.5 Å². The van der Waals surface area contributed by atoms with Crippen LogP contribution in [0.15, 0.2) is 29.5 Å². The van der Waals surface area contributed by atoms with Gasteiger partial charge in [0, 0.05) is 37.8 Å². The lowest BCUT2D eigenvalue weighted by Crippen LogP contribution is -2.45. The van der Waals surface area contributed by atoms with Gasteiger partial charge in [-0.05, 0) is 38.3 Å². The summed E-state index contributed by atoms with van der Waals surface area (Å²) >= 11 is 0. The van der Waals surface area contributed by atoms with E-state index in [-0.39, 0.29) is 48.4 Å². The number of nitrogens with zero attached hydrogens (tertiary/aromatic N) is 3. The van der Waals surface area contributed by atoms with Crippen molar-refractivity contribution < 1.29 is 9.59 Å². The van der Waals surface area contributed by atoms with Gasteiger partial charge >= 0.3 is 0 Å². The molecule has 0 aromatic carbocycles. The van der Waals surface area contributed by atoms with Crippen LogP contribution in [0.5, 0.6) is 0 Å². The number of rotatable bonds is 6. The zero-order valence-electron chi connectivity index (χ0n) is 16.9. The molecule has 0 radical (unpaired) electrons. The van der Waals surface area contributed by atoms with E-state index < -0.39 is 0 Å². The Labute approximate surface area is 189 Å². The highest BCUT2D eigenvalue weighted by molar-refractivity contribution is 14.0. The number of carbonyl (C=O) groups is 2. The Balaban J connectivity index is 0.00000300. The molecule has 1 unspecified atom stereocenters. The fourth-order valence-corrected chi connectivity index (χ4v) is 3.81. The molecule has 1 atom stereocenters. The van der Waals surface area contributed by atoms with E-state index in [1.165, 1.54) is 12.8 Å². The number of pyridine rings is 1. The monoisotopic (exact) mass is 514 g/mol. The molecule has 2 aliphatic rings. The van der Waals surface area contributed by atoms with E-state index in [0.29, 0.717) is 30.6 Å². The number of amides is 2. The molecule has 0 spiro atoms. The lowest BCUT2D eigenvalue weighted by molar-refractivity contribution is -0.134. The lowest BCUT2D eigenvalue weighted by Gasteiger charge is -2.21. The number of likely N-dealkylation sites (tertiary alicyclic amines) is 1. The van der Waals surface area contributed by atoms with Gasteiger partial charge in [-0.15, -0.1) is 24.0 Å². The topological polar surface area (TPSA) is 98.7 Å². The number of aromatic nitrogens is 1. The smallest absolute Gasteiger partial charge is 0.246 e. The first-order valence-electron chi connectivity index (χ1n) is 10.2. The zero-order chi connectivity index (χ0) is 19.8. The van der Waals surface area contributed by atoms with Gasteiger partial charge in [-0.25, -0.2) is 4.99 Å². The van der Waals surface area contributed by atoms with Gasteiger partial charge in [-0.3, -0.25) is 14.6 Å². The predicted molar refractivity (Wildman–Crippen MR) is 124 cm³/mol. The molecule has 160 valence electrons. The molecule has 1 aliphatic carbocycles. The second-order valence-electron chi connectivity index (χ2n) is 7.38. The highest BCUT2D eigenvalue weighted by Gasteiger charge is 2.32. The molecule has 0 bridgehead atoms. The molecule has 1 saturated carbocycles. The van der Waals surface area contributed by atoms with Crippen molar-refractivity contribution in [2.75, 3.05) is 31.5 Å². The van der Waals surface area contributed by atoms with Crippen LogP contribution in [0.4, 0.5) is 5.69 Å². The van der Waals surface area contributed by atoms with Gasteiger partial charge in [-0.2, -0.15) is 0 Å². The van der Waals surface area contributed by atoms with Crippen molar-refractivity contribution in [1.82, 2.24) is 20.5 Å². The number of aliphatic imine (C=N–C) groups is 1. The first kappa shape index (κ1) is 23.4. The Kier molecular flexibility index (Phi) is 9.62. The number of hydrogen-bond acceptors (Lipinski definition) is 4. The zero-order valence-corrected chi connectivity index (χ0v) is 19.2. The number of nitrogens with one attached hydrogen (secondary N) is 3. The van der Waals surface area contributed by atoms with Gasteiger partial charge in [0.05, 0.1) is 11.9 Å². The van der Waals surface area contributed by atoms with Gasteiger partial charge < -0.3 is 20.9 Å². The van der Waals surface area contributed by atoms with Crippen LogP contribution in [0, 0.1) is 5.92 Å². The Morgan fingerprint density at radius 1 is 1.28 bits per heavy atom. The van der Waals surface area contributed by atoms with E-state index in [2.05, 4.69) is 25.9 Å². The molecule has 9 heteroatoms. The minimum Gasteiger partial charge on any atom is -0.357 e. The van der Waals surface area contributed by atoms with E-state index in [1.807, 2.05) is 11.8 Å². The standard InChI is InChI=1S/C20H30N6O2.HI/c1-2-22-20(23-13-18(27)24-16-8-5-10-21-12-16)25-17-9-11-26(14-17)19(28)15-6-3-4-7-15;/h5,8,10,12,15,17H,2-4,6-7,9,11,13-14H2,1H3,(H,24,27)(H2,22,23,25);1H. The van der Waals surface area contributed by atoms with Crippen LogP contribution < -0.4 is 16.0 Å². The predicted octanol–water partition coefficient (Wildman–Crippen LogP) is 1.98. The number of halogens is 1. The molecule has 1 aromatic heterocycles. The van der Waals surface area contributed by atoms with Gasteiger partial charge in [0.1, 0.15) is 6.54 Å². The lowest BCUT2D eigenvalue weighted by atomic mass is 10.1. The Hall–Kier alpha value is -1.91. The second-order valence-corrected chi connectivity index (χ2v) is 7.38. The summed E-state index contributed by atoms with van der Waals surface area (Å²) in [6.45, 7) is 4.18. The highest BCUT2D eigenvalue weighted by atomic mass is 127. The fraction of sp³-hybridized carbons (Fsp3) is 0.600. The molecule has 3 rings (SSSR count). The highest BCUT2D eigenvalue weighted by Crippen LogP contribution is 2.27. The van der Waals surface area contributed by atoms with Gasteiger partial charge in [0.2, 0.25) is 11.8 Å². The number of anilines is 1. The van der Waals surface area contributed by atoms with Crippen molar-refractivity contribution in [3.63, 3.8) is 0 Å². The largest absolute Gasteiger partial charge is 0.357 e. The number of carbonyl (C=O) groups excluding carboxylic acids is 2. The van der Waals surface area contributed by atoms with Crippen molar-refractivity contribution >= 4 is 47.4 Å². The van der Waals surface area contributed by atoms with E-state index in [0.717, 1.165) is 25.8 Å². The van der Waals surface area contributed by atoms with Crippen LogP contribution in [0.25, 0.3) is 0 Å². The summed E-state index contributed by atoms with van der Waals surface area (Å²) in [6, 6.07) is 3.71. The van der Waals surface area contributed by atoms with Crippen molar-refractivity contribution in [2.45, 2.75) is 45.1 Å². The quantitative estimate of drug-likeness (QED) is 0.307. The van der Waals surface area contributed by atoms with E-state index in [4.69, 9.17) is 0 Å². The van der Waals surface area contributed by atoms with Gasteiger partial charge in [0.25, 0.3) is 0 Å². The fourth-order valence-electron chi connectivity index (χ4n) is 3.81. The van der Waals surface area contributed by atoms with Gasteiger partial charge in [-0.1, -0.05) is 12.8 Å². The first-order valence-corrected chi connectivity index (χ1v) is 10.2. The van der Waals surface area contributed by atoms with Gasteiger partial charge in [0.15, 0.2) is 5.96 Å². The maximum Gasteiger partial charge on any atom is 0.246 e. The Bertz CT molecular complexity index is 693. The van der Waals surface area contributed by atoms with Crippen LogP contribution in [0.2, 0.25) is 0 Å². The van der Waals surface area contributed by atoms with Crippen LogP contribution >= 0.6 is 24.0 Å². The Morgan fingerprint density at radius 2 is 2.07 bits per heavy atom. The van der Waals surface area contributed by atoms with Crippen LogP contribution in [0.1, 0.15) is 39.0 Å². The summed E-state index contributed by atoms with van der Waals surface area (Å²) in [4.78, 5) is 35.0. The summed E-state index contributed by atoms with van der Waals surface area (Å²) in [5.41, 5.74) is 0.650. The molecule has 8 nitrogen and oxygen atoms in total. The molecular formula is C20H31IN6O2. The van der Waals surface area contributed by atoms with E-state index >= 15 is 0 Å². The minimum absolute atomic E-state index is 0. The number of hydrogen-bond donors (Lipinski definition) is 3. The average Bonchev–Trinajstić information content (AvgIpc) is 3.39. The van der Waals surface area contributed by atoms with Crippen LogP contribution in [0.3, 0.4) is 0 Å². The van der Waals surface area contributed by atoms with E-state index in [1.54, 1.807) is 24.5 Å². The SMILES string of the molecule is CCNC(=NCC(=O)Nc1cccnc1)NC1CCN(C(=O)C2CCCC2)C1.I. The summed E-state index contributed by atoms with van der Waals surface area (Å²) in [5.74, 6) is 0.926. The molecule has 2 amide bonds. The molecule has 1 aromatic rings. The third-order valence-corrected chi connectivity index (χ3v) is 5.22. The van der Waals surface area contributed by atoms with Crippen molar-refractivity contribution in [2.24, 2.45) is 10.9 Å². The summed E-state index contributed by atoms with van der Waals surface area (Å²) in [5, 5.41) is 9.30. The van der Waals surface area contributed by atoms with Crippen LogP contribution in [-0.4, -0.2) is 59.9 Å². The van der Waals surface area contributed by atoms with E-state index in [9.17, 15) is 9.59 Å². The maximum atomic E-state index is 12.6. The molecule has 1 saturated heterocycles. The minimum atomic E-state index is -0.199. The van der Waals surface area contributed by atoms with Crippen molar-refractivity contribution in [3.8, 4) is 0 Å². The second kappa shape index (κ2) is 11.9. The van der Waals surface area contributed by atoms with Crippen LogP contribution in [-0.2, 0) is 9.59 Å². The molecule has 2 heterocycles. The third-order valence-electron chi connectivity index (χ3n) is 5.22. The Morgan fingerprint density at radius 3 is 2.76 bits per heavy atom. The molecule has 3 N–H and O–H groups in total. The molecule has 2 fully saturated rings. The maximum absolute atomic E-state index is 12.6. The summed E-state index contributed by atoms with van der Waals surface area (Å²) in [7, 11) is 0. The average molecular weight is 514 g/mol. The normalized spacial score (nSPS) is 19.6. The number of guanidine groups is 1. The summed E-state index contributed by atoms with van der Waals surface area (Å²) in [6.07, 6.45) is 8.55. The molecular weight excluding hydrogens is 483 g/mol. The molecule has 29 heavy (non-hydrogen) atoms.